The Labute approximate surface area is 80.7 Å². The van der Waals surface area contributed by atoms with Gasteiger partial charge in [0.15, 0.2) is 0 Å². The van der Waals surface area contributed by atoms with Crippen molar-refractivity contribution in [3.05, 3.63) is 0 Å². The monoisotopic (exact) mass is 187 g/mol. The molecule has 0 saturated carbocycles. The topological polar surface area (TPSA) is 12.0 Å². The Morgan fingerprint density at radius 3 is 3.00 bits per heavy atom. The molecule has 1 heterocycles. The van der Waals surface area contributed by atoms with Crippen molar-refractivity contribution in [3.63, 3.8) is 0 Å². The standard InChI is InChI=1S/C10H21NS/c1-2-3-7-11-9-10-6-4-5-8-12-10/h10-11H,2-9H2,1H3. The number of rotatable bonds is 5. The summed E-state index contributed by atoms with van der Waals surface area (Å²) in [5, 5.41) is 4.45. The third-order valence-corrected chi connectivity index (χ3v) is 3.75. The second-order valence-electron chi connectivity index (χ2n) is 3.55. The lowest BCUT2D eigenvalue weighted by Gasteiger charge is -2.21. The Morgan fingerprint density at radius 2 is 2.33 bits per heavy atom. The van der Waals surface area contributed by atoms with Gasteiger partial charge in [-0.3, -0.25) is 0 Å². The molecule has 1 unspecified atom stereocenters. The van der Waals surface area contributed by atoms with Gasteiger partial charge in [0.1, 0.15) is 0 Å². The summed E-state index contributed by atoms with van der Waals surface area (Å²) in [4.78, 5) is 0. The van der Waals surface area contributed by atoms with E-state index in [0.717, 1.165) is 5.25 Å². The Hall–Kier alpha value is 0.310. The van der Waals surface area contributed by atoms with E-state index in [1.807, 2.05) is 0 Å². The predicted octanol–water partition coefficient (Wildman–Crippen LogP) is 2.66. The highest BCUT2D eigenvalue weighted by molar-refractivity contribution is 7.99. The van der Waals surface area contributed by atoms with Gasteiger partial charge in [0.2, 0.25) is 0 Å². The molecule has 72 valence electrons. The molecule has 2 heteroatoms. The maximum absolute atomic E-state index is 3.54. The van der Waals surface area contributed by atoms with Crippen LogP contribution in [0.25, 0.3) is 0 Å². The average Bonchev–Trinajstić information content (AvgIpc) is 2.14. The zero-order valence-electron chi connectivity index (χ0n) is 8.14. The van der Waals surface area contributed by atoms with Crippen molar-refractivity contribution >= 4 is 11.8 Å². The van der Waals surface area contributed by atoms with Crippen molar-refractivity contribution in [2.45, 2.75) is 44.3 Å². The molecule has 1 nitrogen and oxygen atoms in total. The summed E-state index contributed by atoms with van der Waals surface area (Å²) in [5.41, 5.74) is 0. The minimum atomic E-state index is 0.913. The number of nitrogens with one attached hydrogen (secondary N) is 1. The number of hydrogen-bond acceptors (Lipinski definition) is 2. The average molecular weight is 187 g/mol. The predicted molar refractivity (Wildman–Crippen MR) is 57.9 cm³/mol. The van der Waals surface area contributed by atoms with Crippen molar-refractivity contribution in [1.82, 2.24) is 5.32 Å². The van der Waals surface area contributed by atoms with Gasteiger partial charge >= 0.3 is 0 Å². The summed E-state index contributed by atoms with van der Waals surface area (Å²) >= 11 is 2.16. The Kier molecular flexibility index (Phi) is 5.88. The zero-order valence-corrected chi connectivity index (χ0v) is 8.96. The van der Waals surface area contributed by atoms with Crippen LogP contribution < -0.4 is 5.32 Å². The van der Waals surface area contributed by atoms with E-state index in [-0.39, 0.29) is 0 Å². The van der Waals surface area contributed by atoms with Crippen molar-refractivity contribution in [2.24, 2.45) is 0 Å². The summed E-state index contributed by atoms with van der Waals surface area (Å²) in [6.07, 6.45) is 6.97. The van der Waals surface area contributed by atoms with Crippen molar-refractivity contribution in [1.29, 1.82) is 0 Å². The molecule has 0 radical (unpaired) electrons. The maximum Gasteiger partial charge on any atom is 0.0172 e. The van der Waals surface area contributed by atoms with E-state index in [2.05, 4.69) is 24.0 Å². The molecule has 0 spiro atoms. The fraction of sp³-hybridized carbons (Fsp3) is 1.00. The molecule has 1 N–H and O–H groups in total. The normalized spacial score (nSPS) is 24.2. The number of unbranched alkanes of at least 4 members (excludes halogenated alkanes) is 1. The quantitative estimate of drug-likeness (QED) is 0.664. The first-order chi connectivity index (χ1) is 5.93. The fourth-order valence-corrected chi connectivity index (χ4v) is 2.81. The van der Waals surface area contributed by atoms with Gasteiger partial charge in [0, 0.05) is 11.8 Å². The Balaban J connectivity index is 1.91. The van der Waals surface area contributed by atoms with E-state index >= 15 is 0 Å². The molecule has 0 aliphatic carbocycles. The van der Waals surface area contributed by atoms with Gasteiger partial charge in [-0.15, -0.1) is 0 Å². The second kappa shape index (κ2) is 6.79. The van der Waals surface area contributed by atoms with Crippen LogP contribution in [0.3, 0.4) is 0 Å². The summed E-state index contributed by atoms with van der Waals surface area (Å²) in [6.45, 7) is 4.70. The van der Waals surface area contributed by atoms with Crippen LogP contribution in [-0.4, -0.2) is 24.1 Å². The third-order valence-electron chi connectivity index (χ3n) is 2.35. The van der Waals surface area contributed by atoms with E-state index in [1.165, 1.54) is 50.9 Å². The van der Waals surface area contributed by atoms with Gasteiger partial charge in [-0.2, -0.15) is 11.8 Å². The van der Waals surface area contributed by atoms with Gasteiger partial charge in [0.25, 0.3) is 0 Å². The lowest BCUT2D eigenvalue weighted by molar-refractivity contribution is 0.583. The van der Waals surface area contributed by atoms with Crippen LogP contribution in [0.15, 0.2) is 0 Å². The molecule has 1 aliphatic rings. The van der Waals surface area contributed by atoms with Crippen LogP contribution in [-0.2, 0) is 0 Å². The molecule has 1 aliphatic heterocycles. The highest BCUT2D eigenvalue weighted by atomic mass is 32.2. The van der Waals surface area contributed by atoms with E-state index in [9.17, 15) is 0 Å². The second-order valence-corrected chi connectivity index (χ2v) is 4.95. The van der Waals surface area contributed by atoms with Gasteiger partial charge in [0.05, 0.1) is 0 Å². The third kappa shape index (κ3) is 4.36. The first kappa shape index (κ1) is 10.4. The molecular formula is C10H21NS. The van der Waals surface area contributed by atoms with Gasteiger partial charge in [-0.1, -0.05) is 19.8 Å². The Bertz CT molecular complexity index is 100. The highest BCUT2D eigenvalue weighted by Gasteiger charge is 2.12. The SMILES string of the molecule is CCCCNCC1CCCCS1. The minimum absolute atomic E-state index is 0.913. The molecule has 0 aromatic rings. The van der Waals surface area contributed by atoms with Crippen molar-refractivity contribution in [2.75, 3.05) is 18.8 Å². The molecule has 1 saturated heterocycles. The Morgan fingerprint density at radius 1 is 1.42 bits per heavy atom. The first-order valence-corrected chi connectivity index (χ1v) is 6.30. The summed E-state index contributed by atoms with van der Waals surface area (Å²) in [6, 6.07) is 0. The lowest BCUT2D eigenvalue weighted by Crippen LogP contribution is -2.27. The van der Waals surface area contributed by atoms with Gasteiger partial charge in [-0.05, 0) is 31.6 Å². The first-order valence-electron chi connectivity index (χ1n) is 5.26. The molecule has 0 aromatic heterocycles. The molecule has 12 heavy (non-hydrogen) atoms. The van der Waals surface area contributed by atoms with E-state index in [0.29, 0.717) is 0 Å². The van der Waals surface area contributed by atoms with Crippen LogP contribution in [0.5, 0.6) is 0 Å². The molecular weight excluding hydrogens is 166 g/mol. The van der Waals surface area contributed by atoms with Crippen molar-refractivity contribution in [3.8, 4) is 0 Å². The highest BCUT2D eigenvalue weighted by Crippen LogP contribution is 2.24. The van der Waals surface area contributed by atoms with E-state index in [1.54, 1.807) is 0 Å². The van der Waals surface area contributed by atoms with Crippen LogP contribution in [0.1, 0.15) is 39.0 Å². The summed E-state index contributed by atoms with van der Waals surface area (Å²) in [7, 11) is 0. The molecule has 0 aromatic carbocycles. The molecule has 0 bridgehead atoms. The largest absolute Gasteiger partial charge is 0.316 e. The molecule has 1 rings (SSSR count). The van der Waals surface area contributed by atoms with Crippen LogP contribution in [0.2, 0.25) is 0 Å². The maximum atomic E-state index is 3.54. The molecule has 0 amide bonds. The van der Waals surface area contributed by atoms with E-state index in [4.69, 9.17) is 0 Å². The minimum Gasteiger partial charge on any atom is -0.316 e. The lowest BCUT2D eigenvalue weighted by atomic mass is 10.2. The van der Waals surface area contributed by atoms with Crippen LogP contribution >= 0.6 is 11.8 Å². The molecule has 1 atom stereocenters. The zero-order chi connectivity index (χ0) is 8.65. The summed E-state index contributed by atoms with van der Waals surface area (Å²) in [5.74, 6) is 1.39. The molecule has 1 fully saturated rings. The number of thioether (sulfide) groups is 1. The number of hydrogen-bond donors (Lipinski definition) is 1. The van der Waals surface area contributed by atoms with Gasteiger partial charge < -0.3 is 5.32 Å². The summed E-state index contributed by atoms with van der Waals surface area (Å²) < 4.78 is 0. The van der Waals surface area contributed by atoms with Crippen molar-refractivity contribution < 1.29 is 0 Å². The fourth-order valence-electron chi connectivity index (χ4n) is 1.53. The van der Waals surface area contributed by atoms with Crippen LogP contribution in [0, 0.1) is 0 Å². The van der Waals surface area contributed by atoms with Gasteiger partial charge in [-0.25, -0.2) is 0 Å². The van der Waals surface area contributed by atoms with Crippen LogP contribution in [0.4, 0.5) is 0 Å². The smallest absolute Gasteiger partial charge is 0.0172 e. The van der Waals surface area contributed by atoms with E-state index < -0.39 is 0 Å².